The molecule has 132 valence electrons. The molecule has 0 radical (unpaired) electrons. The van der Waals surface area contributed by atoms with Crippen LogP contribution in [0, 0.1) is 11.8 Å². The Hall–Kier alpha value is -1.35. The molecular weight excluding hydrogens is 320 g/mol. The number of fused-ring (bicyclic) bond motifs is 1. The average Bonchev–Trinajstić information content (AvgIpc) is 3.33. The summed E-state index contributed by atoms with van der Waals surface area (Å²) >= 11 is 0. The highest BCUT2D eigenvalue weighted by Crippen LogP contribution is 2.42. The molecule has 0 saturated carbocycles. The summed E-state index contributed by atoms with van der Waals surface area (Å²) in [6.45, 7) is 13.7. The van der Waals surface area contributed by atoms with Gasteiger partial charge in [0.15, 0.2) is 8.32 Å². The molecule has 5 heteroatoms. The standard InChI is InChI=1S/C19H28O4Si/c1-7-24(8-2,9-3)23-17-15(11-10-13(4)5)12-16(21-14(6)20)18-19(17)22-18/h12,16-19H,4,7-9H2,1-3,5-6H3/t16-,17+,18+,19-/m1/s1. The highest BCUT2D eigenvalue weighted by Gasteiger charge is 2.56. The number of epoxide rings is 1. The third kappa shape index (κ3) is 4.18. The van der Waals surface area contributed by atoms with Gasteiger partial charge in [-0.1, -0.05) is 39.2 Å². The minimum Gasteiger partial charge on any atom is -0.455 e. The van der Waals surface area contributed by atoms with Crippen LogP contribution in [-0.4, -0.2) is 38.7 Å². The first-order valence-electron chi connectivity index (χ1n) is 8.75. The Bertz CT molecular complexity index is 586. The molecule has 2 rings (SSSR count). The number of allylic oxidation sites excluding steroid dienone is 1. The fraction of sp³-hybridized carbons (Fsp3) is 0.632. The maximum Gasteiger partial charge on any atom is 0.303 e. The van der Waals surface area contributed by atoms with Crippen LogP contribution >= 0.6 is 0 Å². The smallest absolute Gasteiger partial charge is 0.303 e. The first-order valence-corrected chi connectivity index (χ1v) is 11.3. The van der Waals surface area contributed by atoms with E-state index in [9.17, 15) is 4.79 Å². The van der Waals surface area contributed by atoms with E-state index >= 15 is 0 Å². The van der Waals surface area contributed by atoms with Crippen LogP contribution in [0.3, 0.4) is 0 Å². The van der Waals surface area contributed by atoms with Gasteiger partial charge in [-0.15, -0.1) is 0 Å². The molecular formula is C19H28O4Si. The molecule has 4 nitrogen and oxygen atoms in total. The van der Waals surface area contributed by atoms with Gasteiger partial charge < -0.3 is 13.9 Å². The lowest BCUT2D eigenvalue weighted by molar-refractivity contribution is -0.145. The predicted molar refractivity (Wildman–Crippen MR) is 97.0 cm³/mol. The van der Waals surface area contributed by atoms with Gasteiger partial charge in [-0.3, -0.25) is 4.79 Å². The number of rotatable bonds is 6. The van der Waals surface area contributed by atoms with Crippen molar-refractivity contribution in [2.75, 3.05) is 0 Å². The molecule has 24 heavy (non-hydrogen) atoms. The Kier molecular flexibility index (Phi) is 6.08. The van der Waals surface area contributed by atoms with E-state index in [4.69, 9.17) is 13.9 Å². The van der Waals surface area contributed by atoms with E-state index in [2.05, 4.69) is 39.2 Å². The maximum atomic E-state index is 11.3. The van der Waals surface area contributed by atoms with E-state index in [0.717, 1.165) is 29.3 Å². The molecule has 0 bridgehead atoms. The minimum absolute atomic E-state index is 0.0645. The fourth-order valence-electron chi connectivity index (χ4n) is 3.17. The first-order chi connectivity index (χ1) is 11.4. The molecule has 1 aliphatic carbocycles. The van der Waals surface area contributed by atoms with Crippen LogP contribution in [0.5, 0.6) is 0 Å². The van der Waals surface area contributed by atoms with Gasteiger partial charge in [-0.25, -0.2) is 0 Å². The van der Waals surface area contributed by atoms with Crippen LogP contribution in [0.4, 0.5) is 0 Å². The van der Waals surface area contributed by atoms with Gasteiger partial charge in [0.25, 0.3) is 0 Å². The van der Waals surface area contributed by atoms with E-state index in [1.54, 1.807) is 0 Å². The van der Waals surface area contributed by atoms with Crippen LogP contribution in [0.2, 0.25) is 18.1 Å². The van der Waals surface area contributed by atoms with Gasteiger partial charge in [0.05, 0.1) is 0 Å². The van der Waals surface area contributed by atoms with Crippen molar-refractivity contribution in [3.05, 3.63) is 23.8 Å². The zero-order valence-corrected chi connectivity index (χ0v) is 16.3. The van der Waals surface area contributed by atoms with Gasteiger partial charge in [0.2, 0.25) is 0 Å². The van der Waals surface area contributed by atoms with Gasteiger partial charge >= 0.3 is 5.97 Å². The van der Waals surface area contributed by atoms with E-state index in [-0.39, 0.29) is 30.4 Å². The summed E-state index contributed by atoms with van der Waals surface area (Å²) in [7, 11) is -1.79. The van der Waals surface area contributed by atoms with Gasteiger partial charge in [-0.2, -0.15) is 0 Å². The van der Waals surface area contributed by atoms with Crippen molar-refractivity contribution < 1.29 is 18.7 Å². The average molecular weight is 349 g/mol. The van der Waals surface area contributed by atoms with E-state index in [1.165, 1.54) is 6.92 Å². The molecule has 0 aromatic rings. The summed E-state index contributed by atoms with van der Waals surface area (Å²) in [4.78, 5) is 11.3. The topological polar surface area (TPSA) is 48.1 Å². The summed E-state index contributed by atoms with van der Waals surface area (Å²) in [6, 6.07) is 3.22. The number of hydrogen-bond donors (Lipinski definition) is 0. The van der Waals surface area contributed by atoms with Gasteiger partial charge in [-0.05, 0) is 36.7 Å². The number of ether oxygens (including phenoxy) is 2. The van der Waals surface area contributed by atoms with Gasteiger partial charge in [0, 0.05) is 12.5 Å². The third-order valence-electron chi connectivity index (χ3n) is 4.87. The Morgan fingerprint density at radius 3 is 2.38 bits per heavy atom. The number of esters is 1. The van der Waals surface area contributed by atoms with Crippen LogP contribution < -0.4 is 0 Å². The Morgan fingerprint density at radius 1 is 1.25 bits per heavy atom. The monoisotopic (exact) mass is 348 g/mol. The Morgan fingerprint density at radius 2 is 1.88 bits per heavy atom. The lowest BCUT2D eigenvalue weighted by atomic mass is 9.94. The highest BCUT2D eigenvalue weighted by molar-refractivity contribution is 6.73. The van der Waals surface area contributed by atoms with Crippen LogP contribution in [0.1, 0.15) is 34.6 Å². The molecule has 0 aromatic heterocycles. The summed E-state index contributed by atoms with van der Waals surface area (Å²) in [5.41, 5.74) is 1.65. The third-order valence-corrected chi connectivity index (χ3v) is 9.49. The zero-order chi connectivity index (χ0) is 17.9. The number of hydrogen-bond acceptors (Lipinski definition) is 4. The molecule has 4 atom stereocenters. The summed E-state index contributed by atoms with van der Waals surface area (Å²) < 4.78 is 17.8. The summed E-state index contributed by atoms with van der Waals surface area (Å²) in [5, 5.41) is 0. The molecule has 0 aromatic carbocycles. The molecule has 1 fully saturated rings. The Labute approximate surface area is 146 Å². The highest BCUT2D eigenvalue weighted by atomic mass is 28.4. The molecule has 0 spiro atoms. The second-order valence-corrected chi connectivity index (χ2v) is 11.3. The van der Waals surface area contributed by atoms with E-state index < -0.39 is 8.32 Å². The van der Waals surface area contributed by atoms with Crippen molar-refractivity contribution in [1.82, 2.24) is 0 Å². The van der Waals surface area contributed by atoms with E-state index in [0.29, 0.717) is 0 Å². The lowest BCUT2D eigenvalue weighted by Crippen LogP contribution is -2.45. The van der Waals surface area contributed by atoms with Crippen molar-refractivity contribution in [2.24, 2.45) is 0 Å². The minimum atomic E-state index is -1.79. The maximum absolute atomic E-state index is 11.3. The SMILES string of the molecule is C=C(C)C#CC1=C[C@@H](OC(C)=O)[C@@H]2O[C@@H]2[C@H]1O[Si](CC)(CC)CC. The predicted octanol–water partition coefficient (Wildman–Crippen LogP) is 3.60. The van der Waals surface area contributed by atoms with Crippen LogP contribution in [-0.2, 0) is 18.7 Å². The second-order valence-electron chi connectivity index (χ2n) is 6.57. The molecule has 1 heterocycles. The number of carbonyl (C=O) groups excluding carboxylic acids is 1. The fourth-order valence-corrected chi connectivity index (χ4v) is 5.97. The van der Waals surface area contributed by atoms with E-state index in [1.807, 2.05) is 13.0 Å². The lowest BCUT2D eigenvalue weighted by Gasteiger charge is -2.34. The number of carbonyl (C=O) groups is 1. The van der Waals surface area contributed by atoms with Crippen molar-refractivity contribution >= 4 is 14.3 Å². The largest absolute Gasteiger partial charge is 0.455 e. The molecule has 1 saturated heterocycles. The van der Waals surface area contributed by atoms with Crippen molar-refractivity contribution in [1.29, 1.82) is 0 Å². The van der Waals surface area contributed by atoms with Crippen LogP contribution in [0.25, 0.3) is 0 Å². The Balaban J connectivity index is 2.30. The molecule has 0 amide bonds. The molecule has 0 N–H and O–H groups in total. The van der Waals surface area contributed by atoms with Crippen molar-refractivity contribution in [2.45, 2.75) is 77.2 Å². The van der Waals surface area contributed by atoms with Crippen LogP contribution in [0.15, 0.2) is 23.8 Å². The molecule has 1 aliphatic heterocycles. The summed E-state index contributed by atoms with van der Waals surface area (Å²) in [6.07, 6.45) is 1.20. The van der Waals surface area contributed by atoms with Gasteiger partial charge in [0.1, 0.15) is 24.4 Å². The quantitative estimate of drug-likeness (QED) is 0.318. The first kappa shape index (κ1) is 19.0. The van der Waals surface area contributed by atoms with Crippen molar-refractivity contribution in [3.8, 4) is 11.8 Å². The second kappa shape index (κ2) is 7.69. The normalized spacial score (nSPS) is 28.1. The summed E-state index contributed by atoms with van der Waals surface area (Å²) in [5.74, 6) is 5.88. The van der Waals surface area contributed by atoms with Crippen molar-refractivity contribution in [3.63, 3.8) is 0 Å². The zero-order valence-electron chi connectivity index (χ0n) is 15.3. The molecule has 2 aliphatic rings. The molecule has 0 unspecified atom stereocenters.